The summed E-state index contributed by atoms with van der Waals surface area (Å²) in [5.74, 6) is 0.670. The van der Waals surface area contributed by atoms with E-state index >= 15 is 0 Å². The Kier molecular flexibility index (Phi) is 5.52. The fourth-order valence-corrected chi connectivity index (χ4v) is 1.72. The highest BCUT2D eigenvalue weighted by molar-refractivity contribution is 5.78. The maximum atomic E-state index is 11.5. The highest BCUT2D eigenvalue weighted by atomic mass is 16.5. The van der Waals surface area contributed by atoms with E-state index in [1.807, 2.05) is 6.92 Å². The van der Waals surface area contributed by atoms with Gasteiger partial charge in [-0.3, -0.25) is 4.79 Å². The molecular formula is C14H18N2O4. The molecule has 0 spiro atoms. The van der Waals surface area contributed by atoms with Crippen LogP contribution in [0.3, 0.4) is 0 Å². The molecule has 0 amide bonds. The first-order chi connectivity index (χ1) is 9.81. The molecule has 1 N–H and O–H groups in total. The first kappa shape index (κ1) is 14.5. The summed E-state index contributed by atoms with van der Waals surface area (Å²) in [6.07, 6.45) is 1.38. The number of hydrogen-bond acceptors (Lipinski definition) is 5. The second kappa shape index (κ2) is 7.62. The van der Waals surface area contributed by atoms with Gasteiger partial charge in [0, 0.05) is 12.7 Å². The number of aromatic nitrogens is 2. The summed E-state index contributed by atoms with van der Waals surface area (Å²) < 4.78 is 16.0. The largest absolute Gasteiger partial charge is 0.491 e. The molecule has 1 heterocycles. The van der Waals surface area contributed by atoms with E-state index in [0.717, 1.165) is 0 Å². The first-order valence-electron chi connectivity index (χ1n) is 6.57. The summed E-state index contributed by atoms with van der Waals surface area (Å²) in [5, 5.41) is 0.549. The minimum atomic E-state index is -0.152. The van der Waals surface area contributed by atoms with Crippen molar-refractivity contribution < 1.29 is 14.2 Å². The third kappa shape index (κ3) is 4.04. The van der Waals surface area contributed by atoms with E-state index in [2.05, 4.69) is 9.97 Å². The maximum absolute atomic E-state index is 11.5. The molecule has 2 rings (SSSR count). The van der Waals surface area contributed by atoms with Crippen molar-refractivity contribution in [3.63, 3.8) is 0 Å². The molecule has 0 aliphatic carbocycles. The molecular weight excluding hydrogens is 260 g/mol. The third-order valence-corrected chi connectivity index (χ3v) is 2.69. The maximum Gasteiger partial charge on any atom is 0.258 e. The van der Waals surface area contributed by atoms with Gasteiger partial charge in [0.1, 0.15) is 12.4 Å². The lowest BCUT2D eigenvalue weighted by atomic mass is 10.2. The fraction of sp³-hybridized carbons (Fsp3) is 0.429. The Hall–Kier alpha value is -1.92. The van der Waals surface area contributed by atoms with Gasteiger partial charge >= 0.3 is 0 Å². The van der Waals surface area contributed by atoms with Crippen LogP contribution in [0.25, 0.3) is 10.9 Å². The molecule has 20 heavy (non-hydrogen) atoms. The molecule has 0 unspecified atom stereocenters. The SMILES string of the molecule is CCOCCOCCOc1ccc2c(=O)[nH]cnc2c1. The molecule has 0 bridgehead atoms. The predicted octanol–water partition coefficient (Wildman–Crippen LogP) is 1.35. The standard InChI is InChI=1S/C14H18N2O4/c1-2-18-5-6-19-7-8-20-11-3-4-12-13(9-11)15-10-16-14(12)17/h3-4,9-10H,2,5-8H2,1H3,(H,15,16,17). The zero-order valence-corrected chi connectivity index (χ0v) is 11.4. The summed E-state index contributed by atoms with van der Waals surface area (Å²) in [6.45, 7) is 4.74. The highest BCUT2D eigenvalue weighted by Crippen LogP contribution is 2.15. The number of ether oxygens (including phenoxy) is 3. The number of nitrogens with zero attached hydrogens (tertiary/aromatic N) is 1. The van der Waals surface area contributed by atoms with Crippen LogP contribution in [0, 0.1) is 0 Å². The number of benzene rings is 1. The predicted molar refractivity (Wildman–Crippen MR) is 75.2 cm³/mol. The average Bonchev–Trinajstić information content (AvgIpc) is 2.46. The van der Waals surface area contributed by atoms with Crippen molar-refractivity contribution in [2.75, 3.05) is 33.0 Å². The second-order valence-corrected chi connectivity index (χ2v) is 4.07. The monoisotopic (exact) mass is 278 g/mol. The van der Waals surface area contributed by atoms with Gasteiger partial charge in [-0.05, 0) is 19.1 Å². The van der Waals surface area contributed by atoms with Crippen molar-refractivity contribution in [1.82, 2.24) is 9.97 Å². The van der Waals surface area contributed by atoms with Crippen LogP contribution in [0.15, 0.2) is 29.3 Å². The van der Waals surface area contributed by atoms with Gasteiger partial charge in [0.25, 0.3) is 5.56 Å². The van der Waals surface area contributed by atoms with Crippen LogP contribution in [0.1, 0.15) is 6.92 Å². The summed E-state index contributed by atoms with van der Waals surface area (Å²) in [4.78, 5) is 18.1. The molecule has 1 aromatic carbocycles. The van der Waals surface area contributed by atoms with E-state index in [4.69, 9.17) is 14.2 Å². The quantitative estimate of drug-likeness (QED) is 0.738. The van der Waals surface area contributed by atoms with Crippen molar-refractivity contribution in [1.29, 1.82) is 0 Å². The molecule has 0 aliphatic rings. The van der Waals surface area contributed by atoms with Crippen LogP contribution >= 0.6 is 0 Å². The molecule has 6 nitrogen and oxygen atoms in total. The zero-order chi connectivity index (χ0) is 14.2. The van der Waals surface area contributed by atoms with Gasteiger partial charge in [0.2, 0.25) is 0 Å². The normalized spacial score (nSPS) is 10.8. The summed E-state index contributed by atoms with van der Waals surface area (Å²) in [5.41, 5.74) is 0.462. The Labute approximate surface area is 116 Å². The molecule has 0 aliphatic heterocycles. The van der Waals surface area contributed by atoms with Crippen LogP contribution in [-0.4, -0.2) is 43.0 Å². The van der Waals surface area contributed by atoms with Crippen molar-refractivity contribution in [2.45, 2.75) is 6.92 Å². The Morgan fingerprint density at radius 2 is 1.95 bits per heavy atom. The lowest BCUT2D eigenvalue weighted by Crippen LogP contribution is -2.11. The Balaban J connectivity index is 1.80. The van der Waals surface area contributed by atoms with Crippen molar-refractivity contribution in [3.05, 3.63) is 34.9 Å². The number of H-pyrrole nitrogens is 1. The summed E-state index contributed by atoms with van der Waals surface area (Å²) in [6, 6.07) is 5.19. The fourth-order valence-electron chi connectivity index (χ4n) is 1.72. The van der Waals surface area contributed by atoms with Gasteiger partial charge < -0.3 is 19.2 Å². The van der Waals surface area contributed by atoms with Gasteiger partial charge in [-0.25, -0.2) is 4.98 Å². The van der Waals surface area contributed by atoms with Gasteiger partial charge in [0.15, 0.2) is 0 Å². The van der Waals surface area contributed by atoms with E-state index in [9.17, 15) is 4.79 Å². The van der Waals surface area contributed by atoms with E-state index in [1.165, 1.54) is 6.33 Å². The Morgan fingerprint density at radius 1 is 1.15 bits per heavy atom. The topological polar surface area (TPSA) is 73.4 Å². The number of aromatic amines is 1. The van der Waals surface area contributed by atoms with E-state index in [1.54, 1.807) is 18.2 Å². The number of fused-ring (bicyclic) bond motifs is 1. The van der Waals surface area contributed by atoms with Crippen LogP contribution < -0.4 is 10.3 Å². The molecule has 0 saturated heterocycles. The molecule has 1 aromatic heterocycles. The molecule has 108 valence electrons. The van der Waals surface area contributed by atoms with E-state index in [0.29, 0.717) is 49.7 Å². The molecule has 0 saturated carbocycles. The van der Waals surface area contributed by atoms with Crippen LogP contribution in [-0.2, 0) is 9.47 Å². The number of rotatable bonds is 8. The lowest BCUT2D eigenvalue weighted by Gasteiger charge is -2.07. The van der Waals surface area contributed by atoms with Crippen LogP contribution in [0.4, 0.5) is 0 Å². The average molecular weight is 278 g/mol. The first-order valence-corrected chi connectivity index (χ1v) is 6.57. The Bertz CT molecular complexity index is 597. The highest BCUT2D eigenvalue weighted by Gasteiger charge is 2.01. The van der Waals surface area contributed by atoms with Gasteiger partial charge in [-0.2, -0.15) is 0 Å². The Morgan fingerprint density at radius 3 is 2.80 bits per heavy atom. The molecule has 6 heteroatoms. The summed E-state index contributed by atoms with van der Waals surface area (Å²) >= 11 is 0. The minimum Gasteiger partial charge on any atom is -0.491 e. The molecule has 0 radical (unpaired) electrons. The molecule has 0 fully saturated rings. The molecule has 2 aromatic rings. The number of nitrogens with one attached hydrogen (secondary N) is 1. The van der Waals surface area contributed by atoms with Crippen LogP contribution in [0.2, 0.25) is 0 Å². The zero-order valence-electron chi connectivity index (χ0n) is 11.4. The smallest absolute Gasteiger partial charge is 0.258 e. The third-order valence-electron chi connectivity index (χ3n) is 2.69. The lowest BCUT2D eigenvalue weighted by molar-refractivity contribution is 0.0405. The van der Waals surface area contributed by atoms with E-state index in [-0.39, 0.29) is 5.56 Å². The molecule has 0 atom stereocenters. The van der Waals surface area contributed by atoms with Gasteiger partial charge in [-0.1, -0.05) is 0 Å². The minimum absolute atomic E-state index is 0.152. The van der Waals surface area contributed by atoms with Crippen molar-refractivity contribution >= 4 is 10.9 Å². The van der Waals surface area contributed by atoms with Crippen LogP contribution in [0.5, 0.6) is 5.75 Å². The van der Waals surface area contributed by atoms with Gasteiger partial charge in [-0.15, -0.1) is 0 Å². The number of hydrogen-bond donors (Lipinski definition) is 1. The van der Waals surface area contributed by atoms with Crippen molar-refractivity contribution in [2.24, 2.45) is 0 Å². The van der Waals surface area contributed by atoms with Gasteiger partial charge in [0.05, 0.1) is 37.1 Å². The second-order valence-electron chi connectivity index (χ2n) is 4.07. The van der Waals surface area contributed by atoms with Crippen molar-refractivity contribution in [3.8, 4) is 5.75 Å². The summed E-state index contributed by atoms with van der Waals surface area (Å²) in [7, 11) is 0. The van der Waals surface area contributed by atoms with E-state index < -0.39 is 0 Å².